The predicted molar refractivity (Wildman–Crippen MR) is 55.0 cm³/mol. The van der Waals surface area contributed by atoms with E-state index in [-0.39, 0.29) is 17.3 Å². The molecule has 0 fully saturated rings. The van der Waals surface area contributed by atoms with Crippen LogP contribution >= 0.6 is 0 Å². The van der Waals surface area contributed by atoms with E-state index in [0.717, 1.165) is 0 Å². The number of nitrogens with zero attached hydrogens (tertiary/aromatic N) is 2. The van der Waals surface area contributed by atoms with E-state index in [1.54, 1.807) is 13.0 Å². The lowest BCUT2D eigenvalue weighted by molar-refractivity contribution is -0.116. The largest absolute Gasteiger partial charge is 0.478 e. The van der Waals surface area contributed by atoms with Gasteiger partial charge in [0, 0.05) is 19.7 Å². The second-order valence-corrected chi connectivity index (χ2v) is 3.21. The van der Waals surface area contributed by atoms with Crippen LogP contribution in [0.15, 0.2) is 12.1 Å². The molecule has 1 heterocycles. The highest BCUT2D eigenvalue weighted by molar-refractivity contribution is 5.99. The number of carboxylic acid groups (broad SMARTS) is 1. The van der Waals surface area contributed by atoms with Gasteiger partial charge in [0.2, 0.25) is 5.91 Å². The van der Waals surface area contributed by atoms with Gasteiger partial charge in [-0.25, -0.2) is 9.78 Å². The van der Waals surface area contributed by atoms with Crippen LogP contribution in [0.2, 0.25) is 0 Å². The Morgan fingerprint density at radius 2 is 2.00 bits per heavy atom. The fourth-order valence-corrected chi connectivity index (χ4v) is 1.11. The van der Waals surface area contributed by atoms with Crippen molar-refractivity contribution >= 4 is 17.7 Å². The summed E-state index contributed by atoms with van der Waals surface area (Å²) >= 11 is 0. The average molecular weight is 208 g/mol. The summed E-state index contributed by atoms with van der Waals surface area (Å²) in [7, 11) is 1.50. The Morgan fingerprint density at radius 3 is 2.47 bits per heavy atom. The number of carboxylic acids is 1. The minimum Gasteiger partial charge on any atom is -0.478 e. The van der Waals surface area contributed by atoms with Gasteiger partial charge in [-0.2, -0.15) is 0 Å². The highest BCUT2D eigenvalue weighted by Crippen LogP contribution is 2.17. The molecule has 0 aliphatic heterocycles. The zero-order valence-corrected chi connectivity index (χ0v) is 8.81. The predicted octanol–water partition coefficient (Wildman–Crippen LogP) is 1.07. The Morgan fingerprint density at radius 1 is 1.40 bits per heavy atom. The lowest BCUT2D eigenvalue weighted by Crippen LogP contribution is -2.26. The summed E-state index contributed by atoms with van der Waals surface area (Å²) in [6, 6.07) is 3.04. The van der Waals surface area contributed by atoms with Crippen LogP contribution in [0.25, 0.3) is 0 Å². The first-order valence-electron chi connectivity index (χ1n) is 4.38. The highest BCUT2D eigenvalue weighted by atomic mass is 16.4. The van der Waals surface area contributed by atoms with E-state index in [1.807, 2.05) is 0 Å². The molecule has 0 aliphatic carbocycles. The number of carbonyl (C=O) groups excluding carboxylic acids is 1. The summed E-state index contributed by atoms with van der Waals surface area (Å²) in [6.45, 7) is 3.10. The van der Waals surface area contributed by atoms with Crippen molar-refractivity contribution < 1.29 is 14.7 Å². The molecule has 1 aromatic rings. The van der Waals surface area contributed by atoms with Crippen LogP contribution in [0.5, 0.6) is 0 Å². The lowest BCUT2D eigenvalue weighted by atomic mass is 10.2. The first-order valence-corrected chi connectivity index (χ1v) is 4.38. The summed E-state index contributed by atoms with van der Waals surface area (Å²) in [6.07, 6.45) is 0. The summed E-state index contributed by atoms with van der Waals surface area (Å²) in [5.74, 6) is -1.17. The van der Waals surface area contributed by atoms with Gasteiger partial charge in [-0.1, -0.05) is 0 Å². The van der Waals surface area contributed by atoms with Crippen molar-refractivity contribution in [1.82, 2.24) is 4.98 Å². The van der Waals surface area contributed by atoms with E-state index in [0.29, 0.717) is 5.69 Å². The Labute approximate surface area is 87.4 Å². The number of aromatic carboxylic acids is 1. The number of carbonyl (C=O) groups is 2. The molecule has 0 bridgehead atoms. The summed E-state index contributed by atoms with van der Waals surface area (Å²) in [4.78, 5) is 27.3. The third kappa shape index (κ3) is 2.31. The third-order valence-corrected chi connectivity index (χ3v) is 2.03. The van der Waals surface area contributed by atoms with E-state index in [9.17, 15) is 9.59 Å². The molecule has 0 saturated carbocycles. The van der Waals surface area contributed by atoms with Gasteiger partial charge < -0.3 is 5.11 Å². The number of anilines is 1. The molecule has 0 unspecified atom stereocenters. The maximum Gasteiger partial charge on any atom is 0.339 e. The third-order valence-electron chi connectivity index (χ3n) is 2.03. The van der Waals surface area contributed by atoms with E-state index >= 15 is 0 Å². The molecule has 0 saturated heterocycles. The van der Waals surface area contributed by atoms with E-state index < -0.39 is 5.97 Å². The van der Waals surface area contributed by atoms with Gasteiger partial charge in [-0.15, -0.1) is 0 Å². The molecule has 0 aromatic carbocycles. The molecule has 5 nitrogen and oxygen atoms in total. The molecule has 0 spiro atoms. The zero-order chi connectivity index (χ0) is 11.6. The fraction of sp³-hybridized carbons (Fsp3) is 0.300. The van der Waals surface area contributed by atoms with Crippen molar-refractivity contribution in [1.29, 1.82) is 0 Å². The lowest BCUT2D eigenvalue weighted by Gasteiger charge is -2.16. The molecule has 1 rings (SSSR count). The van der Waals surface area contributed by atoms with Crippen LogP contribution in [0, 0.1) is 6.92 Å². The van der Waals surface area contributed by atoms with Crippen molar-refractivity contribution in [2.24, 2.45) is 0 Å². The van der Waals surface area contributed by atoms with Crippen LogP contribution in [0.1, 0.15) is 23.0 Å². The van der Waals surface area contributed by atoms with Gasteiger partial charge in [-0.05, 0) is 19.1 Å². The van der Waals surface area contributed by atoms with Crippen molar-refractivity contribution in [2.45, 2.75) is 13.8 Å². The van der Waals surface area contributed by atoms with Crippen LogP contribution in [0.3, 0.4) is 0 Å². The molecule has 0 atom stereocenters. The van der Waals surface area contributed by atoms with E-state index in [4.69, 9.17) is 5.11 Å². The first-order chi connectivity index (χ1) is 6.93. The Hall–Kier alpha value is -1.91. The fourth-order valence-electron chi connectivity index (χ4n) is 1.11. The van der Waals surface area contributed by atoms with Crippen molar-refractivity contribution in [3.63, 3.8) is 0 Å². The molecule has 0 radical (unpaired) electrons. The number of hydrogen-bond acceptors (Lipinski definition) is 3. The smallest absolute Gasteiger partial charge is 0.339 e. The molecule has 1 N–H and O–H groups in total. The Kier molecular flexibility index (Phi) is 3.04. The van der Waals surface area contributed by atoms with Gasteiger partial charge in [0.25, 0.3) is 0 Å². The number of pyridine rings is 1. The second kappa shape index (κ2) is 4.08. The monoisotopic (exact) mass is 208 g/mol. The van der Waals surface area contributed by atoms with Gasteiger partial charge in [0.15, 0.2) is 0 Å². The number of hydrogen-bond donors (Lipinski definition) is 1. The number of amides is 1. The minimum absolute atomic E-state index is 0.0262. The number of aromatic nitrogens is 1. The molecule has 1 amide bonds. The van der Waals surface area contributed by atoms with Gasteiger partial charge >= 0.3 is 5.97 Å². The van der Waals surface area contributed by atoms with E-state index in [2.05, 4.69) is 4.98 Å². The molecule has 1 aromatic heterocycles. The SMILES string of the molecule is CC(=O)N(C)c1nc(C)ccc1C(=O)O. The van der Waals surface area contributed by atoms with Crippen LogP contribution < -0.4 is 4.90 Å². The first kappa shape index (κ1) is 11.2. The van der Waals surface area contributed by atoms with Crippen molar-refractivity contribution in [3.8, 4) is 0 Å². The van der Waals surface area contributed by atoms with Gasteiger partial charge in [0.1, 0.15) is 11.4 Å². The molecule has 80 valence electrons. The average Bonchev–Trinajstić information content (AvgIpc) is 2.15. The maximum absolute atomic E-state index is 11.1. The Balaban J connectivity index is 3.30. The summed E-state index contributed by atoms with van der Waals surface area (Å²) in [5, 5.41) is 8.91. The number of aryl methyl sites for hydroxylation is 1. The molecular formula is C10H12N2O3. The molecule has 5 heteroatoms. The maximum atomic E-state index is 11.1. The number of rotatable bonds is 2. The van der Waals surface area contributed by atoms with E-state index in [1.165, 1.54) is 24.9 Å². The summed E-state index contributed by atoms with van der Waals surface area (Å²) in [5.41, 5.74) is 0.696. The van der Waals surface area contributed by atoms with Crippen LogP contribution in [0.4, 0.5) is 5.82 Å². The highest BCUT2D eigenvalue weighted by Gasteiger charge is 2.17. The van der Waals surface area contributed by atoms with Crippen molar-refractivity contribution in [2.75, 3.05) is 11.9 Å². The normalized spacial score (nSPS) is 9.80. The minimum atomic E-state index is -1.09. The molecular weight excluding hydrogens is 196 g/mol. The van der Waals surface area contributed by atoms with Crippen LogP contribution in [-0.2, 0) is 4.79 Å². The van der Waals surface area contributed by atoms with Crippen molar-refractivity contribution in [3.05, 3.63) is 23.4 Å². The second-order valence-electron chi connectivity index (χ2n) is 3.21. The molecule has 15 heavy (non-hydrogen) atoms. The summed E-state index contributed by atoms with van der Waals surface area (Å²) < 4.78 is 0. The van der Waals surface area contributed by atoms with Gasteiger partial charge in [0.05, 0.1) is 0 Å². The quantitative estimate of drug-likeness (QED) is 0.789. The van der Waals surface area contributed by atoms with Gasteiger partial charge in [-0.3, -0.25) is 9.69 Å². The van der Waals surface area contributed by atoms with Crippen LogP contribution in [-0.4, -0.2) is 29.0 Å². The Bertz CT molecular complexity index is 415. The topological polar surface area (TPSA) is 70.5 Å². The standard InChI is InChI=1S/C10H12N2O3/c1-6-4-5-8(10(14)15)9(11-6)12(3)7(2)13/h4-5H,1-3H3,(H,14,15). The molecule has 0 aliphatic rings. The zero-order valence-electron chi connectivity index (χ0n) is 8.81.